The fourth-order valence-corrected chi connectivity index (χ4v) is 2.45. The van der Waals surface area contributed by atoms with E-state index in [2.05, 4.69) is 44.3 Å². The first-order valence-electron chi connectivity index (χ1n) is 7.17. The summed E-state index contributed by atoms with van der Waals surface area (Å²) in [4.78, 5) is 0. The molecular weight excluding hydrogens is 262 g/mol. The first kappa shape index (κ1) is 15.4. The van der Waals surface area contributed by atoms with E-state index < -0.39 is 0 Å². The quantitative estimate of drug-likeness (QED) is 0.876. The molecule has 1 unspecified atom stereocenters. The molecule has 21 heavy (non-hydrogen) atoms. The molecule has 3 heteroatoms. The molecular formula is C18H23NO2. The zero-order valence-electron chi connectivity index (χ0n) is 13.1. The second-order valence-electron chi connectivity index (χ2n) is 5.47. The first-order chi connectivity index (χ1) is 10.0. The van der Waals surface area contributed by atoms with E-state index in [0.29, 0.717) is 12.3 Å². The Morgan fingerprint density at radius 3 is 2.57 bits per heavy atom. The molecule has 0 aromatic heterocycles. The predicted octanol–water partition coefficient (Wildman–Crippen LogP) is 3.87. The number of phenolic OH excluding ortho intramolecular Hbond substituents is 1. The largest absolute Gasteiger partial charge is 0.504 e. The van der Waals surface area contributed by atoms with Gasteiger partial charge in [0.25, 0.3) is 0 Å². The number of ether oxygens (including phenoxy) is 1. The lowest BCUT2D eigenvalue weighted by Crippen LogP contribution is -2.19. The van der Waals surface area contributed by atoms with Crippen molar-refractivity contribution >= 4 is 0 Å². The van der Waals surface area contributed by atoms with Crippen LogP contribution in [0.2, 0.25) is 0 Å². The minimum atomic E-state index is 0.177. The number of nitrogens with one attached hydrogen (secondary N) is 1. The zero-order chi connectivity index (χ0) is 15.4. The van der Waals surface area contributed by atoms with E-state index in [4.69, 9.17) is 4.74 Å². The monoisotopic (exact) mass is 285 g/mol. The highest BCUT2D eigenvalue weighted by Gasteiger charge is 2.09. The van der Waals surface area contributed by atoms with E-state index in [0.717, 1.165) is 5.56 Å². The van der Waals surface area contributed by atoms with E-state index in [9.17, 15) is 5.11 Å². The molecule has 0 radical (unpaired) electrons. The molecule has 2 N–H and O–H groups in total. The van der Waals surface area contributed by atoms with Crippen molar-refractivity contribution in [3.05, 3.63) is 58.7 Å². The first-order valence-corrected chi connectivity index (χ1v) is 7.17. The van der Waals surface area contributed by atoms with Gasteiger partial charge in [0.05, 0.1) is 7.11 Å². The van der Waals surface area contributed by atoms with E-state index in [1.807, 2.05) is 6.07 Å². The van der Waals surface area contributed by atoms with Crippen molar-refractivity contribution in [1.29, 1.82) is 0 Å². The van der Waals surface area contributed by atoms with Crippen molar-refractivity contribution in [2.75, 3.05) is 7.11 Å². The van der Waals surface area contributed by atoms with Gasteiger partial charge in [-0.25, -0.2) is 0 Å². The molecule has 0 bridgehead atoms. The Labute approximate surface area is 126 Å². The van der Waals surface area contributed by atoms with Gasteiger partial charge in [-0.2, -0.15) is 0 Å². The number of aryl methyl sites for hydroxylation is 2. The van der Waals surface area contributed by atoms with Crippen LogP contribution in [0.25, 0.3) is 0 Å². The number of phenols is 1. The van der Waals surface area contributed by atoms with Gasteiger partial charge in [-0.15, -0.1) is 0 Å². The van der Waals surface area contributed by atoms with Crippen LogP contribution in [0.1, 0.15) is 35.2 Å². The van der Waals surface area contributed by atoms with Crippen molar-refractivity contribution in [3.8, 4) is 11.5 Å². The van der Waals surface area contributed by atoms with E-state index in [1.165, 1.54) is 16.7 Å². The summed E-state index contributed by atoms with van der Waals surface area (Å²) >= 11 is 0. The third-order valence-electron chi connectivity index (χ3n) is 3.76. The Morgan fingerprint density at radius 2 is 1.90 bits per heavy atom. The molecule has 2 aromatic rings. The Kier molecular flexibility index (Phi) is 4.86. The summed E-state index contributed by atoms with van der Waals surface area (Å²) in [6, 6.07) is 12.3. The molecule has 0 aliphatic heterocycles. The number of hydrogen-bond acceptors (Lipinski definition) is 3. The molecule has 0 heterocycles. The van der Waals surface area contributed by atoms with Crippen molar-refractivity contribution in [3.63, 3.8) is 0 Å². The fraction of sp³-hybridized carbons (Fsp3) is 0.333. The van der Waals surface area contributed by atoms with Gasteiger partial charge in [0.15, 0.2) is 11.5 Å². The predicted molar refractivity (Wildman–Crippen MR) is 85.8 cm³/mol. The molecule has 0 fully saturated rings. The Bertz CT molecular complexity index is 623. The van der Waals surface area contributed by atoms with Gasteiger partial charge in [0.2, 0.25) is 0 Å². The highest BCUT2D eigenvalue weighted by atomic mass is 16.5. The highest BCUT2D eigenvalue weighted by Crippen LogP contribution is 2.26. The van der Waals surface area contributed by atoms with Crippen LogP contribution in [0.3, 0.4) is 0 Å². The Balaban J connectivity index is 2.05. The lowest BCUT2D eigenvalue weighted by atomic mass is 10.00. The summed E-state index contributed by atoms with van der Waals surface area (Å²) in [5.74, 6) is 0.678. The molecule has 0 aliphatic carbocycles. The molecule has 2 aromatic carbocycles. The van der Waals surface area contributed by atoms with Crippen LogP contribution in [0.4, 0.5) is 0 Å². The Hall–Kier alpha value is -2.00. The van der Waals surface area contributed by atoms with Gasteiger partial charge in [-0.3, -0.25) is 0 Å². The van der Waals surface area contributed by atoms with Gasteiger partial charge in [-0.05, 0) is 49.6 Å². The highest BCUT2D eigenvalue weighted by molar-refractivity contribution is 5.41. The summed E-state index contributed by atoms with van der Waals surface area (Å²) < 4.78 is 5.05. The third kappa shape index (κ3) is 3.76. The summed E-state index contributed by atoms with van der Waals surface area (Å²) in [5.41, 5.74) is 4.91. The second-order valence-corrected chi connectivity index (χ2v) is 5.47. The average molecular weight is 285 g/mol. The molecule has 0 saturated heterocycles. The molecule has 3 nitrogen and oxygen atoms in total. The molecule has 112 valence electrons. The normalized spacial score (nSPS) is 12.2. The van der Waals surface area contributed by atoms with Gasteiger partial charge < -0.3 is 15.2 Å². The molecule has 0 spiro atoms. The van der Waals surface area contributed by atoms with Crippen LogP contribution in [0, 0.1) is 13.8 Å². The van der Waals surface area contributed by atoms with E-state index >= 15 is 0 Å². The van der Waals surface area contributed by atoms with Gasteiger partial charge >= 0.3 is 0 Å². The maximum atomic E-state index is 9.80. The maximum absolute atomic E-state index is 9.80. The molecule has 1 atom stereocenters. The lowest BCUT2D eigenvalue weighted by molar-refractivity contribution is 0.373. The number of aromatic hydroxyl groups is 1. The second kappa shape index (κ2) is 6.64. The molecule has 0 aliphatic rings. The standard InChI is InChI=1S/C18H23NO2/c1-12-5-6-13(2)16(9-12)14(3)19-11-15-7-8-18(21-4)17(20)10-15/h5-10,14,19-20H,11H2,1-4H3. The van der Waals surface area contributed by atoms with Crippen LogP contribution in [-0.4, -0.2) is 12.2 Å². The number of rotatable bonds is 5. The van der Waals surface area contributed by atoms with E-state index in [-0.39, 0.29) is 11.8 Å². The third-order valence-corrected chi connectivity index (χ3v) is 3.76. The zero-order valence-corrected chi connectivity index (χ0v) is 13.1. The van der Waals surface area contributed by atoms with Crippen LogP contribution >= 0.6 is 0 Å². The summed E-state index contributed by atoms with van der Waals surface area (Å²) in [5, 5.41) is 13.3. The van der Waals surface area contributed by atoms with Crippen LogP contribution < -0.4 is 10.1 Å². The van der Waals surface area contributed by atoms with Crippen molar-refractivity contribution in [2.45, 2.75) is 33.4 Å². The van der Waals surface area contributed by atoms with Crippen LogP contribution in [0.15, 0.2) is 36.4 Å². The average Bonchev–Trinajstić information content (AvgIpc) is 2.47. The van der Waals surface area contributed by atoms with Crippen molar-refractivity contribution in [1.82, 2.24) is 5.32 Å². The van der Waals surface area contributed by atoms with E-state index in [1.54, 1.807) is 19.2 Å². The van der Waals surface area contributed by atoms with Crippen molar-refractivity contribution in [2.24, 2.45) is 0 Å². The van der Waals surface area contributed by atoms with Crippen LogP contribution in [-0.2, 0) is 6.54 Å². The van der Waals surface area contributed by atoms with Gasteiger partial charge in [-0.1, -0.05) is 29.8 Å². The molecule has 0 saturated carbocycles. The molecule has 0 amide bonds. The van der Waals surface area contributed by atoms with Gasteiger partial charge in [0.1, 0.15) is 0 Å². The number of hydrogen-bond donors (Lipinski definition) is 2. The fourth-order valence-electron chi connectivity index (χ4n) is 2.45. The SMILES string of the molecule is COc1ccc(CNC(C)c2cc(C)ccc2C)cc1O. The number of benzene rings is 2. The number of methoxy groups -OCH3 is 1. The summed E-state index contributed by atoms with van der Waals surface area (Å²) in [6.07, 6.45) is 0. The molecule has 2 rings (SSSR count). The summed E-state index contributed by atoms with van der Waals surface area (Å²) in [6.45, 7) is 7.10. The van der Waals surface area contributed by atoms with Crippen LogP contribution in [0.5, 0.6) is 11.5 Å². The maximum Gasteiger partial charge on any atom is 0.160 e. The topological polar surface area (TPSA) is 41.5 Å². The lowest BCUT2D eigenvalue weighted by Gasteiger charge is -2.17. The van der Waals surface area contributed by atoms with Gasteiger partial charge in [0, 0.05) is 12.6 Å². The summed E-state index contributed by atoms with van der Waals surface area (Å²) in [7, 11) is 1.55. The minimum Gasteiger partial charge on any atom is -0.504 e. The smallest absolute Gasteiger partial charge is 0.160 e. The minimum absolute atomic E-state index is 0.177. The Morgan fingerprint density at radius 1 is 1.14 bits per heavy atom. The van der Waals surface area contributed by atoms with Crippen molar-refractivity contribution < 1.29 is 9.84 Å².